The maximum absolute atomic E-state index is 12.9. The van der Waals surface area contributed by atoms with E-state index >= 15 is 0 Å². The third-order valence-electron chi connectivity index (χ3n) is 3.42. The number of alkyl halides is 1. The van der Waals surface area contributed by atoms with Gasteiger partial charge in [0.25, 0.3) is 0 Å². The van der Waals surface area contributed by atoms with Crippen molar-refractivity contribution < 1.29 is 9.13 Å². The van der Waals surface area contributed by atoms with E-state index in [1.807, 2.05) is 30.3 Å². The molecule has 112 valence electrons. The van der Waals surface area contributed by atoms with Gasteiger partial charge in [-0.05, 0) is 60.2 Å². The Labute approximate surface area is 138 Å². The molecule has 0 radical (unpaired) electrons. The molecule has 21 heavy (non-hydrogen) atoms. The fourth-order valence-electron chi connectivity index (χ4n) is 2.28. The zero-order valence-corrected chi connectivity index (χ0v) is 14.1. The Hall–Kier alpha value is -1.06. The molecule has 0 aliphatic rings. The average molecular weight is 372 g/mol. The first-order valence-corrected chi connectivity index (χ1v) is 8.08. The Balaban J connectivity index is 2.10. The summed E-state index contributed by atoms with van der Waals surface area (Å²) in [4.78, 5) is 0. The third-order valence-corrected chi connectivity index (χ3v) is 4.63. The third kappa shape index (κ3) is 4.72. The molecule has 1 unspecified atom stereocenters. The summed E-state index contributed by atoms with van der Waals surface area (Å²) in [6.07, 6.45) is 1.67. The molecule has 0 bridgehead atoms. The second-order valence-corrected chi connectivity index (χ2v) is 6.18. The number of methoxy groups -OCH3 is 1. The molecule has 2 rings (SSSR count). The highest BCUT2D eigenvalue weighted by Gasteiger charge is 2.13. The number of benzene rings is 2. The normalized spacial score (nSPS) is 12.2. The second kappa shape index (κ2) is 7.81. The van der Waals surface area contributed by atoms with Crippen LogP contribution in [0.15, 0.2) is 46.9 Å². The van der Waals surface area contributed by atoms with Crippen molar-refractivity contribution in [1.29, 1.82) is 0 Å². The lowest BCUT2D eigenvalue weighted by atomic mass is 9.94. The zero-order valence-electron chi connectivity index (χ0n) is 11.8. The van der Waals surface area contributed by atoms with Crippen LogP contribution in [0.1, 0.15) is 11.1 Å². The molecule has 0 saturated heterocycles. The van der Waals surface area contributed by atoms with Gasteiger partial charge >= 0.3 is 0 Å². The quantitative estimate of drug-likeness (QED) is 0.631. The summed E-state index contributed by atoms with van der Waals surface area (Å²) < 4.78 is 19.3. The molecule has 0 saturated carbocycles. The minimum atomic E-state index is -0.211. The molecule has 1 nitrogen and oxygen atoms in total. The second-order valence-electron chi connectivity index (χ2n) is 5.01. The predicted molar refractivity (Wildman–Crippen MR) is 88.7 cm³/mol. The highest BCUT2D eigenvalue weighted by Crippen LogP contribution is 2.26. The van der Waals surface area contributed by atoms with Crippen LogP contribution in [-0.2, 0) is 12.8 Å². The first-order valence-electron chi connectivity index (χ1n) is 6.75. The minimum Gasteiger partial charge on any atom is -0.497 e. The van der Waals surface area contributed by atoms with E-state index in [1.54, 1.807) is 7.11 Å². The lowest BCUT2D eigenvalue weighted by Gasteiger charge is -2.16. The van der Waals surface area contributed by atoms with Crippen LogP contribution in [0.4, 0.5) is 4.39 Å². The van der Waals surface area contributed by atoms with Crippen molar-refractivity contribution in [3.05, 3.63) is 63.9 Å². The summed E-state index contributed by atoms with van der Waals surface area (Å²) in [7, 11) is 1.66. The smallest absolute Gasteiger partial charge is 0.123 e. The molecule has 0 aliphatic carbocycles. The molecule has 0 amide bonds. The molecule has 0 N–H and O–H groups in total. The van der Waals surface area contributed by atoms with Gasteiger partial charge in [0.15, 0.2) is 0 Å². The van der Waals surface area contributed by atoms with Gasteiger partial charge in [-0.25, -0.2) is 4.39 Å². The van der Waals surface area contributed by atoms with Gasteiger partial charge in [0.1, 0.15) is 11.6 Å². The summed E-state index contributed by atoms with van der Waals surface area (Å²) in [6.45, 7) is 0. The lowest BCUT2D eigenvalue weighted by Crippen LogP contribution is -2.10. The van der Waals surface area contributed by atoms with Gasteiger partial charge in [-0.1, -0.05) is 28.1 Å². The molecular weight excluding hydrogens is 355 g/mol. The van der Waals surface area contributed by atoms with E-state index in [4.69, 9.17) is 16.3 Å². The van der Waals surface area contributed by atoms with E-state index in [2.05, 4.69) is 15.9 Å². The van der Waals surface area contributed by atoms with Gasteiger partial charge in [-0.2, -0.15) is 0 Å². The zero-order chi connectivity index (χ0) is 15.2. The number of hydrogen-bond donors (Lipinski definition) is 0. The van der Waals surface area contributed by atoms with Crippen molar-refractivity contribution in [2.45, 2.75) is 12.8 Å². The topological polar surface area (TPSA) is 9.23 Å². The van der Waals surface area contributed by atoms with E-state index in [0.29, 0.717) is 11.8 Å². The maximum Gasteiger partial charge on any atom is 0.123 e. The number of halogens is 3. The molecule has 2 aromatic carbocycles. The van der Waals surface area contributed by atoms with Gasteiger partial charge in [0, 0.05) is 10.4 Å². The van der Waals surface area contributed by atoms with E-state index < -0.39 is 0 Å². The summed E-state index contributed by atoms with van der Waals surface area (Å²) in [5.41, 5.74) is 2.27. The Morgan fingerprint density at radius 1 is 1.14 bits per heavy atom. The maximum atomic E-state index is 12.9. The molecular formula is C17H17BrClFO. The van der Waals surface area contributed by atoms with E-state index in [0.717, 1.165) is 28.6 Å². The van der Waals surface area contributed by atoms with Crippen molar-refractivity contribution in [3.8, 4) is 5.75 Å². The van der Waals surface area contributed by atoms with Crippen LogP contribution in [0.3, 0.4) is 0 Å². The Bertz CT molecular complexity index is 586. The van der Waals surface area contributed by atoms with Gasteiger partial charge < -0.3 is 4.74 Å². The van der Waals surface area contributed by atoms with E-state index in [-0.39, 0.29) is 5.82 Å². The van der Waals surface area contributed by atoms with Crippen molar-refractivity contribution in [3.63, 3.8) is 0 Å². The SMILES string of the molecule is COc1ccc(Br)c(CC(CCl)Cc2ccc(F)cc2)c1. The molecule has 2 aromatic rings. The highest BCUT2D eigenvalue weighted by molar-refractivity contribution is 9.10. The number of ether oxygens (including phenoxy) is 1. The number of rotatable bonds is 6. The summed E-state index contributed by atoms with van der Waals surface area (Å²) in [5, 5.41) is 0. The Morgan fingerprint density at radius 3 is 2.48 bits per heavy atom. The molecule has 0 aromatic heterocycles. The monoisotopic (exact) mass is 370 g/mol. The summed E-state index contributed by atoms with van der Waals surface area (Å²) in [6, 6.07) is 12.5. The van der Waals surface area contributed by atoms with Crippen LogP contribution in [0, 0.1) is 11.7 Å². The largest absolute Gasteiger partial charge is 0.497 e. The molecule has 1 atom stereocenters. The van der Waals surface area contributed by atoms with Crippen molar-refractivity contribution in [2.75, 3.05) is 13.0 Å². The summed E-state index contributed by atoms with van der Waals surface area (Å²) >= 11 is 9.67. The van der Waals surface area contributed by atoms with Crippen LogP contribution in [-0.4, -0.2) is 13.0 Å². The van der Waals surface area contributed by atoms with E-state index in [1.165, 1.54) is 17.7 Å². The number of hydrogen-bond acceptors (Lipinski definition) is 1. The van der Waals surface area contributed by atoms with Gasteiger partial charge in [-0.15, -0.1) is 11.6 Å². The van der Waals surface area contributed by atoms with Gasteiger partial charge in [0.2, 0.25) is 0 Å². The van der Waals surface area contributed by atoms with Crippen LogP contribution >= 0.6 is 27.5 Å². The predicted octanol–water partition coefficient (Wildman–Crippen LogP) is 5.24. The van der Waals surface area contributed by atoms with Gasteiger partial charge in [0.05, 0.1) is 7.11 Å². The first-order chi connectivity index (χ1) is 10.1. The van der Waals surface area contributed by atoms with Crippen molar-refractivity contribution in [2.24, 2.45) is 5.92 Å². The molecule has 4 heteroatoms. The first kappa shape index (κ1) is 16.3. The molecule has 0 fully saturated rings. The van der Waals surface area contributed by atoms with Crippen LogP contribution in [0.2, 0.25) is 0 Å². The Morgan fingerprint density at radius 2 is 1.86 bits per heavy atom. The summed E-state index contributed by atoms with van der Waals surface area (Å²) in [5.74, 6) is 1.47. The van der Waals surface area contributed by atoms with Crippen LogP contribution < -0.4 is 4.74 Å². The molecule has 0 aliphatic heterocycles. The van der Waals surface area contributed by atoms with E-state index in [9.17, 15) is 4.39 Å². The highest BCUT2D eigenvalue weighted by atomic mass is 79.9. The Kier molecular flexibility index (Phi) is 6.07. The van der Waals surface area contributed by atoms with Crippen molar-refractivity contribution >= 4 is 27.5 Å². The van der Waals surface area contributed by atoms with Crippen molar-refractivity contribution in [1.82, 2.24) is 0 Å². The van der Waals surface area contributed by atoms with Gasteiger partial charge in [-0.3, -0.25) is 0 Å². The lowest BCUT2D eigenvalue weighted by molar-refractivity contribution is 0.413. The minimum absolute atomic E-state index is 0.211. The fourth-order valence-corrected chi connectivity index (χ4v) is 2.91. The molecule has 0 heterocycles. The van der Waals surface area contributed by atoms with Crippen LogP contribution in [0.5, 0.6) is 5.75 Å². The molecule has 0 spiro atoms. The van der Waals surface area contributed by atoms with Crippen LogP contribution in [0.25, 0.3) is 0 Å². The average Bonchev–Trinajstić information content (AvgIpc) is 2.50. The standard InChI is InChI=1S/C17H17BrClFO/c1-21-16-6-7-17(18)14(10-16)9-13(11-19)8-12-2-4-15(20)5-3-12/h2-7,10,13H,8-9,11H2,1H3. The fraction of sp³-hybridized carbons (Fsp3) is 0.294.